The maximum Gasteiger partial charge on any atom is 0.205 e. The van der Waals surface area contributed by atoms with E-state index in [0.717, 1.165) is 52.7 Å². The molecule has 2 N–H and O–H groups in total. The average molecular weight is 525 g/mol. The van der Waals surface area contributed by atoms with Crippen molar-refractivity contribution in [3.63, 3.8) is 0 Å². The lowest BCUT2D eigenvalue weighted by molar-refractivity contribution is 0.292. The van der Waals surface area contributed by atoms with Gasteiger partial charge in [-0.25, -0.2) is 0 Å². The van der Waals surface area contributed by atoms with Crippen LogP contribution < -0.4 is 19.9 Å². The fourth-order valence-corrected chi connectivity index (χ4v) is 5.24. The molecular weight excluding hydrogens is 496 g/mol. The number of aromatic nitrogens is 1. The third-order valence-electron chi connectivity index (χ3n) is 6.47. The monoisotopic (exact) mass is 524 g/mol. The Bertz CT molecular complexity index is 1290. The molecule has 0 saturated carbocycles. The third kappa shape index (κ3) is 4.10. The minimum atomic E-state index is -0.395. The molecule has 1 atom stereocenters. The normalized spacial score (nSPS) is 15.3. The Hall–Kier alpha value is -3.15. The second-order valence-electron chi connectivity index (χ2n) is 8.12. The summed E-state index contributed by atoms with van der Waals surface area (Å²) in [6.07, 6.45) is 2.08. The van der Waals surface area contributed by atoms with Gasteiger partial charge in [-0.15, -0.1) is 0 Å². The molecule has 1 unspecified atom stereocenters. The number of halogens is 1. The number of allylic oxidation sites excluding steroid dienone is 1. The smallest absolute Gasteiger partial charge is 0.205 e. The van der Waals surface area contributed by atoms with Crippen molar-refractivity contribution in [1.82, 2.24) is 9.47 Å². The van der Waals surface area contributed by atoms with Gasteiger partial charge in [0.05, 0.1) is 30.1 Å². The van der Waals surface area contributed by atoms with Crippen LogP contribution in [0.3, 0.4) is 0 Å². The van der Waals surface area contributed by atoms with Crippen molar-refractivity contribution in [3.05, 3.63) is 63.6 Å². The second-order valence-corrected chi connectivity index (χ2v) is 8.97. The largest absolute Gasteiger partial charge is 0.493 e. The average Bonchev–Trinajstić information content (AvgIpc) is 3.26. The van der Waals surface area contributed by atoms with Crippen LogP contribution in [0.25, 0.3) is 10.9 Å². The number of nitrogens with two attached hydrogens (primary N) is 1. The molecule has 3 aromatic rings. The lowest BCUT2D eigenvalue weighted by Gasteiger charge is -2.28. The topological polar surface area (TPSA) is 85.7 Å². The van der Waals surface area contributed by atoms with Crippen molar-refractivity contribution in [2.24, 2.45) is 5.73 Å². The minimum Gasteiger partial charge on any atom is -0.493 e. The van der Waals surface area contributed by atoms with E-state index in [1.54, 1.807) is 14.2 Å². The Morgan fingerprint density at radius 3 is 2.59 bits per heavy atom. The number of rotatable bonds is 8. The van der Waals surface area contributed by atoms with Crippen molar-refractivity contribution in [3.8, 4) is 23.3 Å². The van der Waals surface area contributed by atoms with Crippen LogP contribution in [0.2, 0.25) is 0 Å². The zero-order valence-corrected chi connectivity index (χ0v) is 21.5. The van der Waals surface area contributed by atoms with E-state index in [9.17, 15) is 5.26 Å². The van der Waals surface area contributed by atoms with Crippen molar-refractivity contribution in [1.29, 1.82) is 5.26 Å². The molecule has 0 bridgehead atoms. The first-order valence-corrected chi connectivity index (χ1v) is 12.1. The molecule has 0 amide bonds. The highest BCUT2D eigenvalue weighted by Gasteiger charge is 2.33. The predicted molar refractivity (Wildman–Crippen MR) is 136 cm³/mol. The van der Waals surface area contributed by atoms with E-state index in [1.165, 1.54) is 0 Å². The zero-order valence-electron chi connectivity index (χ0n) is 19.9. The molecule has 8 heteroatoms. The van der Waals surface area contributed by atoms with E-state index in [0.29, 0.717) is 22.8 Å². The van der Waals surface area contributed by atoms with Gasteiger partial charge < -0.3 is 29.4 Å². The van der Waals surface area contributed by atoms with Crippen LogP contribution in [0.1, 0.15) is 30.9 Å². The third-order valence-corrected chi connectivity index (χ3v) is 7.06. The van der Waals surface area contributed by atoms with Gasteiger partial charge in [0.1, 0.15) is 17.4 Å². The summed E-state index contributed by atoms with van der Waals surface area (Å²) in [6.45, 7) is 8.25. The van der Waals surface area contributed by atoms with E-state index in [-0.39, 0.29) is 5.88 Å². The molecule has 1 aliphatic rings. The van der Waals surface area contributed by atoms with Crippen LogP contribution in [-0.4, -0.2) is 43.3 Å². The lowest BCUT2D eigenvalue weighted by Crippen LogP contribution is -2.26. The molecule has 0 spiro atoms. The number of likely N-dealkylation sites (N-methyl/N-ethyl adjacent to an activating group) is 1. The number of ether oxygens (including phenoxy) is 3. The van der Waals surface area contributed by atoms with Gasteiger partial charge in [-0.3, -0.25) is 0 Å². The highest BCUT2D eigenvalue weighted by Crippen LogP contribution is 2.48. The number of benzene rings is 2. The molecule has 2 heterocycles. The number of hydrogen-bond donors (Lipinski definition) is 1. The fraction of sp³-hybridized carbons (Fsp3) is 0.346. The van der Waals surface area contributed by atoms with Crippen LogP contribution in [0.15, 0.2) is 52.5 Å². The standard InChI is InChI=1S/C26H29BrN4O3/c1-5-30(6-2)11-12-31-10-9-17-21(31)8-7-18-23(19(15-28)26(29)34-24(17)18)16-13-20(27)25(33-4)22(14-16)32-3/h7-10,13-14,23H,5-6,11-12,29H2,1-4H3. The van der Waals surface area contributed by atoms with Gasteiger partial charge in [0.25, 0.3) is 0 Å². The summed E-state index contributed by atoms with van der Waals surface area (Å²) >= 11 is 3.57. The highest BCUT2D eigenvalue weighted by molar-refractivity contribution is 9.10. The molecule has 0 fully saturated rings. The summed E-state index contributed by atoms with van der Waals surface area (Å²) in [6, 6.07) is 12.3. The van der Waals surface area contributed by atoms with Gasteiger partial charge in [-0.1, -0.05) is 19.9 Å². The van der Waals surface area contributed by atoms with E-state index >= 15 is 0 Å². The Morgan fingerprint density at radius 2 is 1.94 bits per heavy atom. The van der Waals surface area contributed by atoms with Crippen molar-refractivity contribution in [2.75, 3.05) is 33.9 Å². The van der Waals surface area contributed by atoms with Gasteiger partial charge in [0, 0.05) is 30.2 Å². The second kappa shape index (κ2) is 10.00. The Morgan fingerprint density at radius 1 is 1.18 bits per heavy atom. The van der Waals surface area contributed by atoms with E-state index in [1.807, 2.05) is 18.2 Å². The lowest BCUT2D eigenvalue weighted by atomic mass is 9.83. The molecule has 0 aliphatic carbocycles. The summed E-state index contributed by atoms with van der Waals surface area (Å²) in [4.78, 5) is 2.39. The fourth-order valence-electron chi connectivity index (χ4n) is 4.62. The molecule has 178 valence electrons. The Labute approximate surface area is 208 Å². The van der Waals surface area contributed by atoms with E-state index in [2.05, 4.69) is 63.6 Å². The summed E-state index contributed by atoms with van der Waals surface area (Å²) < 4.78 is 20.0. The number of nitrogens with zero attached hydrogens (tertiary/aromatic N) is 3. The Kier molecular flexibility index (Phi) is 7.05. The summed E-state index contributed by atoms with van der Waals surface area (Å²) in [5.41, 5.74) is 9.47. The molecular formula is C26H29BrN4O3. The zero-order chi connectivity index (χ0) is 24.4. The van der Waals surface area contributed by atoms with E-state index in [4.69, 9.17) is 19.9 Å². The first-order valence-electron chi connectivity index (χ1n) is 11.3. The van der Waals surface area contributed by atoms with Gasteiger partial charge in [0.2, 0.25) is 5.88 Å². The van der Waals surface area contributed by atoms with Gasteiger partial charge >= 0.3 is 0 Å². The Balaban J connectivity index is 1.83. The van der Waals surface area contributed by atoms with Gasteiger partial charge in [0.15, 0.2) is 11.5 Å². The molecule has 1 aromatic heterocycles. The van der Waals surface area contributed by atoms with Crippen molar-refractivity contribution < 1.29 is 14.2 Å². The van der Waals surface area contributed by atoms with Crippen molar-refractivity contribution >= 4 is 26.8 Å². The number of methoxy groups -OCH3 is 2. The first kappa shape index (κ1) is 24.0. The van der Waals surface area contributed by atoms with Crippen LogP contribution in [0.4, 0.5) is 0 Å². The molecule has 1 aliphatic heterocycles. The molecule has 7 nitrogen and oxygen atoms in total. The number of fused-ring (bicyclic) bond motifs is 3. The van der Waals surface area contributed by atoms with Crippen LogP contribution in [0.5, 0.6) is 17.2 Å². The van der Waals surface area contributed by atoms with Gasteiger partial charge in [-0.2, -0.15) is 5.26 Å². The van der Waals surface area contributed by atoms with Crippen LogP contribution in [-0.2, 0) is 6.54 Å². The minimum absolute atomic E-state index is 0.120. The molecule has 0 radical (unpaired) electrons. The predicted octanol–water partition coefficient (Wildman–Crippen LogP) is 4.98. The summed E-state index contributed by atoms with van der Waals surface area (Å²) in [5.74, 6) is 1.57. The van der Waals surface area contributed by atoms with Crippen LogP contribution in [0, 0.1) is 11.3 Å². The summed E-state index contributed by atoms with van der Waals surface area (Å²) in [7, 11) is 3.18. The van der Waals surface area contributed by atoms with E-state index < -0.39 is 5.92 Å². The SMILES string of the molecule is CCN(CC)CCn1ccc2c3c(ccc21)C(c1cc(Br)c(OC)c(OC)c1)C(C#N)=C(N)O3. The molecule has 0 saturated heterocycles. The maximum absolute atomic E-state index is 9.96. The molecule has 2 aromatic carbocycles. The van der Waals surface area contributed by atoms with Crippen LogP contribution >= 0.6 is 15.9 Å². The number of nitriles is 1. The summed E-state index contributed by atoms with van der Waals surface area (Å²) in [5, 5.41) is 10.9. The molecule has 34 heavy (non-hydrogen) atoms. The first-order chi connectivity index (χ1) is 16.5. The van der Waals surface area contributed by atoms with Gasteiger partial charge in [-0.05, 0) is 58.8 Å². The maximum atomic E-state index is 9.96. The highest BCUT2D eigenvalue weighted by atomic mass is 79.9. The quantitative estimate of drug-likeness (QED) is 0.447. The number of hydrogen-bond acceptors (Lipinski definition) is 6. The molecule has 4 rings (SSSR count). The van der Waals surface area contributed by atoms with Crippen molar-refractivity contribution in [2.45, 2.75) is 26.3 Å².